The summed E-state index contributed by atoms with van der Waals surface area (Å²) < 4.78 is 33.3. The summed E-state index contributed by atoms with van der Waals surface area (Å²) in [5, 5.41) is 71.6. The van der Waals surface area contributed by atoms with Crippen LogP contribution >= 0.6 is 0 Å². The lowest BCUT2D eigenvalue weighted by Gasteiger charge is -2.42. The molecule has 0 amide bonds. The van der Waals surface area contributed by atoms with Crippen LogP contribution < -0.4 is 0 Å². The van der Waals surface area contributed by atoms with Gasteiger partial charge in [0.2, 0.25) is 0 Å². The Hall–Kier alpha value is -1.50. The van der Waals surface area contributed by atoms with E-state index in [0.717, 1.165) is 44.9 Å². The van der Waals surface area contributed by atoms with Gasteiger partial charge < -0.3 is 64.2 Å². The number of carbonyl (C=O) groups excluding carboxylic acids is 2. The molecule has 11 unspecified atom stereocenters. The second-order valence-electron chi connectivity index (χ2n) is 15.9. The van der Waals surface area contributed by atoms with Crippen LogP contribution in [0.4, 0.5) is 0 Å². The number of rotatable bonds is 33. The van der Waals surface area contributed by atoms with Crippen LogP contribution in [-0.2, 0) is 38.0 Å². The molecule has 2 heterocycles. The van der Waals surface area contributed by atoms with Gasteiger partial charge in [-0.05, 0) is 12.8 Å². The van der Waals surface area contributed by atoms with Gasteiger partial charge in [-0.15, -0.1) is 0 Å². The Bertz CT molecular complexity index is 1020. The van der Waals surface area contributed by atoms with Crippen molar-refractivity contribution in [1.82, 2.24) is 0 Å². The van der Waals surface area contributed by atoms with E-state index in [1.54, 1.807) is 0 Å². The van der Waals surface area contributed by atoms with Crippen molar-refractivity contribution in [3.05, 3.63) is 0 Å². The molecule has 2 fully saturated rings. The molecule has 0 aromatic rings. The molecule has 57 heavy (non-hydrogen) atoms. The summed E-state index contributed by atoms with van der Waals surface area (Å²) in [6.07, 6.45) is 7.76. The Morgan fingerprint density at radius 3 is 1.37 bits per heavy atom. The van der Waals surface area contributed by atoms with Gasteiger partial charge in [-0.2, -0.15) is 0 Å². The summed E-state index contributed by atoms with van der Waals surface area (Å²) in [4.78, 5) is 25.3. The third kappa shape index (κ3) is 21.0. The molecule has 0 aliphatic carbocycles. The summed E-state index contributed by atoms with van der Waals surface area (Å²) >= 11 is 0. The molecule has 0 spiro atoms. The average molecular weight is 823 g/mol. The molecule has 2 rings (SSSR count). The predicted molar refractivity (Wildman–Crippen MR) is 211 cm³/mol. The van der Waals surface area contributed by atoms with Gasteiger partial charge in [-0.3, -0.25) is 9.59 Å². The molecule has 2 aliphatic heterocycles. The van der Waals surface area contributed by atoms with Gasteiger partial charge in [-0.25, -0.2) is 0 Å². The molecule has 0 saturated carbocycles. The van der Waals surface area contributed by atoms with Crippen LogP contribution in [0.15, 0.2) is 0 Å². The first-order valence-electron chi connectivity index (χ1n) is 22.1. The van der Waals surface area contributed by atoms with Crippen molar-refractivity contribution < 1.29 is 73.8 Å². The minimum Gasteiger partial charge on any atom is -0.462 e. The second-order valence-corrected chi connectivity index (χ2v) is 15.9. The van der Waals surface area contributed by atoms with Crippen LogP contribution in [-0.4, -0.2) is 142 Å². The monoisotopic (exact) mass is 823 g/mol. The fourth-order valence-electron chi connectivity index (χ4n) is 7.10. The van der Waals surface area contributed by atoms with Crippen LogP contribution in [0, 0.1) is 0 Å². The Morgan fingerprint density at radius 1 is 0.491 bits per heavy atom. The van der Waals surface area contributed by atoms with E-state index in [2.05, 4.69) is 13.8 Å². The van der Waals surface area contributed by atoms with Crippen LogP contribution in [0.1, 0.15) is 162 Å². The van der Waals surface area contributed by atoms with Crippen LogP contribution in [0.3, 0.4) is 0 Å². The zero-order valence-corrected chi connectivity index (χ0v) is 34.8. The fourth-order valence-corrected chi connectivity index (χ4v) is 7.10. The average Bonchev–Trinajstić information content (AvgIpc) is 3.20. The number of unbranched alkanes of at least 4 members (excludes halogenated alkanes) is 19. The lowest BCUT2D eigenvalue weighted by Crippen LogP contribution is -2.61. The molecule has 0 aromatic heterocycles. The first-order valence-corrected chi connectivity index (χ1v) is 22.1. The van der Waals surface area contributed by atoms with Crippen molar-refractivity contribution in [1.29, 1.82) is 0 Å². The van der Waals surface area contributed by atoms with E-state index in [4.69, 9.17) is 28.4 Å². The molecular weight excluding hydrogens is 744 g/mol. The summed E-state index contributed by atoms with van der Waals surface area (Å²) in [5.41, 5.74) is 0. The summed E-state index contributed by atoms with van der Waals surface area (Å²) in [6.45, 7) is 2.48. The second kappa shape index (κ2) is 31.4. The highest BCUT2D eigenvalue weighted by atomic mass is 16.7. The quantitative estimate of drug-likeness (QED) is 0.0365. The van der Waals surface area contributed by atoms with Gasteiger partial charge >= 0.3 is 11.9 Å². The van der Waals surface area contributed by atoms with E-state index < -0.39 is 92.7 Å². The standard InChI is InChI=1S/C42H78O15/c1-3-5-7-9-10-11-12-13-14-15-16-17-18-19-21-23-25-34(45)55-30(27-52-33(44)24-22-20-8-6-4-2)28-53-41-40(51)38(49)36(47)32(57-41)29-54-42-39(50)37(48)35(46)31(26-43)56-42/h30-32,35-43,46-51H,3-29H2,1-2H3. The highest BCUT2D eigenvalue weighted by Crippen LogP contribution is 2.26. The van der Waals surface area contributed by atoms with E-state index >= 15 is 0 Å². The molecule has 336 valence electrons. The van der Waals surface area contributed by atoms with E-state index in [-0.39, 0.29) is 26.1 Å². The van der Waals surface area contributed by atoms with Gasteiger partial charge in [0.1, 0.15) is 55.4 Å². The maximum absolute atomic E-state index is 12.9. The van der Waals surface area contributed by atoms with E-state index in [0.29, 0.717) is 12.8 Å². The zero-order valence-electron chi connectivity index (χ0n) is 34.8. The van der Waals surface area contributed by atoms with Crippen molar-refractivity contribution in [3.63, 3.8) is 0 Å². The lowest BCUT2D eigenvalue weighted by atomic mass is 9.98. The third-order valence-corrected chi connectivity index (χ3v) is 10.8. The van der Waals surface area contributed by atoms with Gasteiger partial charge in [-0.1, -0.05) is 136 Å². The number of esters is 2. The molecule has 15 heteroatoms. The molecule has 15 nitrogen and oxygen atoms in total. The Morgan fingerprint density at radius 2 is 0.895 bits per heavy atom. The highest BCUT2D eigenvalue weighted by molar-refractivity contribution is 5.70. The van der Waals surface area contributed by atoms with E-state index in [9.17, 15) is 45.3 Å². The number of hydrogen-bond donors (Lipinski definition) is 7. The molecule has 11 atom stereocenters. The van der Waals surface area contributed by atoms with Crippen LogP contribution in [0.2, 0.25) is 0 Å². The summed E-state index contributed by atoms with van der Waals surface area (Å²) in [5.74, 6) is -0.931. The largest absolute Gasteiger partial charge is 0.462 e. The smallest absolute Gasteiger partial charge is 0.306 e. The zero-order chi connectivity index (χ0) is 41.8. The third-order valence-electron chi connectivity index (χ3n) is 10.8. The van der Waals surface area contributed by atoms with Gasteiger partial charge in [0.05, 0.1) is 19.8 Å². The topological polar surface area (TPSA) is 231 Å². The minimum atomic E-state index is -1.76. The van der Waals surface area contributed by atoms with Gasteiger partial charge in [0, 0.05) is 12.8 Å². The molecule has 2 saturated heterocycles. The molecule has 7 N–H and O–H groups in total. The maximum atomic E-state index is 12.9. The van der Waals surface area contributed by atoms with Crippen LogP contribution in [0.5, 0.6) is 0 Å². The number of aliphatic hydroxyl groups excluding tert-OH is 7. The van der Waals surface area contributed by atoms with Crippen molar-refractivity contribution in [2.45, 2.75) is 229 Å². The van der Waals surface area contributed by atoms with E-state index in [1.807, 2.05) is 0 Å². The van der Waals surface area contributed by atoms with Gasteiger partial charge in [0.15, 0.2) is 18.7 Å². The first kappa shape index (κ1) is 51.6. The summed E-state index contributed by atoms with van der Waals surface area (Å²) in [7, 11) is 0. The molecule has 0 bridgehead atoms. The minimum absolute atomic E-state index is 0.172. The molecule has 0 aromatic carbocycles. The SMILES string of the molecule is CCCCCCCCCCCCCCCCCCC(=O)OC(COC(=O)CCCCCCC)COC1OC(COC2OC(CO)C(O)C(O)C2O)C(O)C(O)C1O. The fraction of sp³-hybridized carbons (Fsp3) is 0.952. The summed E-state index contributed by atoms with van der Waals surface area (Å²) in [6, 6.07) is 0. The number of ether oxygens (including phenoxy) is 6. The first-order chi connectivity index (χ1) is 27.5. The molecule has 0 radical (unpaired) electrons. The van der Waals surface area contributed by atoms with Crippen LogP contribution in [0.25, 0.3) is 0 Å². The van der Waals surface area contributed by atoms with Gasteiger partial charge in [0.25, 0.3) is 0 Å². The Kier molecular flexibility index (Phi) is 28.4. The van der Waals surface area contributed by atoms with Crippen molar-refractivity contribution in [2.75, 3.05) is 26.4 Å². The van der Waals surface area contributed by atoms with Crippen molar-refractivity contribution in [3.8, 4) is 0 Å². The van der Waals surface area contributed by atoms with Crippen molar-refractivity contribution in [2.24, 2.45) is 0 Å². The number of carbonyl (C=O) groups is 2. The predicted octanol–water partition coefficient (Wildman–Crippen LogP) is 4.09. The number of aliphatic hydroxyl groups is 7. The normalized spacial score (nSPS) is 28.3. The van der Waals surface area contributed by atoms with E-state index in [1.165, 1.54) is 77.0 Å². The Labute approximate surface area is 340 Å². The highest BCUT2D eigenvalue weighted by Gasteiger charge is 2.47. The van der Waals surface area contributed by atoms with Crippen molar-refractivity contribution >= 4 is 11.9 Å². The Balaban J connectivity index is 1.80. The molecule has 2 aliphatic rings. The lowest BCUT2D eigenvalue weighted by molar-refractivity contribution is -0.332. The number of hydrogen-bond acceptors (Lipinski definition) is 15. The maximum Gasteiger partial charge on any atom is 0.306 e. The molecular formula is C42H78O15.